The van der Waals surface area contributed by atoms with Crippen molar-refractivity contribution in [2.75, 3.05) is 20.1 Å². The number of nitrogens with one attached hydrogen (secondary N) is 1. The van der Waals surface area contributed by atoms with E-state index in [1.54, 1.807) is 19.3 Å². The zero-order valence-electron chi connectivity index (χ0n) is 12.3. The number of hydrogen-bond donors (Lipinski definition) is 1. The third-order valence-electron chi connectivity index (χ3n) is 3.82. The van der Waals surface area contributed by atoms with E-state index in [4.69, 9.17) is 0 Å². The molecule has 20 heavy (non-hydrogen) atoms. The maximum Gasteiger partial charge on any atom is 0.260 e. The second-order valence-electron chi connectivity index (χ2n) is 5.54. The maximum absolute atomic E-state index is 12.4. The Morgan fingerprint density at radius 2 is 2.15 bits per heavy atom. The van der Waals surface area contributed by atoms with Crippen molar-refractivity contribution in [3.05, 3.63) is 23.9 Å². The van der Waals surface area contributed by atoms with Gasteiger partial charge in [-0.1, -0.05) is 19.9 Å². The van der Waals surface area contributed by atoms with Crippen molar-refractivity contribution in [2.24, 2.45) is 11.8 Å². The molecule has 1 N–H and O–H groups in total. The van der Waals surface area contributed by atoms with E-state index in [0.29, 0.717) is 24.9 Å². The van der Waals surface area contributed by atoms with Crippen LogP contribution >= 0.6 is 0 Å². The molecule has 0 saturated heterocycles. The van der Waals surface area contributed by atoms with Crippen LogP contribution in [-0.4, -0.2) is 37.8 Å². The van der Waals surface area contributed by atoms with Gasteiger partial charge in [0.1, 0.15) is 0 Å². The van der Waals surface area contributed by atoms with Crippen molar-refractivity contribution < 1.29 is 8.42 Å². The predicted octanol–water partition coefficient (Wildman–Crippen LogP) is 1.47. The Morgan fingerprint density at radius 1 is 1.45 bits per heavy atom. The van der Waals surface area contributed by atoms with Crippen molar-refractivity contribution in [1.29, 1.82) is 0 Å². The standard InChI is InChI=1S/C14H23N3O2S/c1-4-15-8-12-5-6-14(16-9-12)20(18,19)17(3)10-13-7-11(13)2/h5-6,9,11,13,15H,4,7-8,10H2,1-3H3. The van der Waals surface area contributed by atoms with E-state index in [9.17, 15) is 8.42 Å². The van der Waals surface area contributed by atoms with Crippen LogP contribution in [0.3, 0.4) is 0 Å². The molecule has 112 valence electrons. The summed E-state index contributed by atoms with van der Waals surface area (Å²) < 4.78 is 26.2. The smallest absolute Gasteiger partial charge is 0.260 e. The van der Waals surface area contributed by atoms with Crippen LogP contribution in [0.4, 0.5) is 0 Å². The van der Waals surface area contributed by atoms with Gasteiger partial charge >= 0.3 is 0 Å². The Hall–Kier alpha value is -0.980. The molecule has 2 atom stereocenters. The molecule has 2 rings (SSSR count). The van der Waals surface area contributed by atoms with Crippen LogP contribution in [0.25, 0.3) is 0 Å². The molecule has 0 aromatic carbocycles. The molecule has 0 radical (unpaired) electrons. The summed E-state index contributed by atoms with van der Waals surface area (Å²) in [6, 6.07) is 3.41. The quantitative estimate of drug-likeness (QED) is 0.828. The largest absolute Gasteiger partial charge is 0.313 e. The average Bonchev–Trinajstić information content (AvgIpc) is 3.12. The highest BCUT2D eigenvalue weighted by Crippen LogP contribution is 2.38. The van der Waals surface area contributed by atoms with Crippen molar-refractivity contribution in [3.8, 4) is 0 Å². The van der Waals surface area contributed by atoms with Crippen molar-refractivity contribution in [2.45, 2.75) is 31.8 Å². The van der Waals surface area contributed by atoms with E-state index < -0.39 is 10.0 Å². The Morgan fingerprint density at radius 3 is 2.65 bits per heavy atom. The van der Waals surface area contributed by atoms with Gasteiger partial charge in [-0.2, -0.15) is 4.31 Å². The molecular weight excluding hydrogens is 274 g/mol. The lowest BCUT2D eigenvalue weighted by Crippen LogP contribution is -2.30. The number of sulfonamides is 1. The first-order valence-electron chi connectivity index (χ1n) is 7.07. The van der Waals surface area contributed by atoms with Gasteiger partial charge in [0.2, 0.25) is 0 Å². The summed E-state index contributed by atoms with van der Waals surface area (Å²) in [5, 5.41) is 3.32. The summed E-state index contributed by atoms with van der Waals surface area (Å²) in [4.78, 5) is 4.10. The lowest BCUT2D eigenvalue weighted by atomic mass is 10.3. The van der Waals surface area contributed by atoms with Crippen LogP contribution in [0.15, 0.2) is 23.4 Å². The minimum absolute atomic E-state index is 0.133. The second kappa shape index (κ2) is 6.20. The van der Waals surface area contributed by atoms with Crippen LogP contribution < -0.4 is 5.32 Å². The molecule has 2 unspecified atom stereocenters. The highest BCUT2D eigenvalue weighted by atomic mass is 32.2. The van der Waals surface area contributed by atoms with E-state index in [1.165, 1.54) is 4.31 Å². The monoisotopic (exact) mass is 297 g/mol. The van der Waals surface area contributed by atoms with Crippen molar-refractivity contribution in [3.63, 3.8) is 0 Å². The first-order valence-corrected chi connectivity index (χ1v) is 8.51. The molecule has 1 aromatic heterocycles. The van der Waals surface area contributed by atoms with Crippen LogP contribution in [0, 0.1) is 11.8 Å². The summed E-state index contributed by atoms with van der Waals surface area (Å²) >= 11 is 0. The van der Waals surface area contributed by atoms with Gasteiger partial charge in [0.25, 0.3) is 10.0 Å². The summed E-state index contributed by atoms with van der Waals surface area (Å²) in [6.07, 6.45) is 2.75. The third kappa shape index (κ3) is 3.56. The number of aromatic nitrogens is 1. The number of rotatable bonds is 7. The fraction of sp³-hybridized carbons (Fsp3) is 0.643. The molecule has 1 fully saturated rings. The van der Waals surface area contributed by atoms with E-state index >= 15 is 0 Å². The average molecular weight is 297 g/mol. The molecular formula is C14H23N3O2S. The Labute approximate surface area is 121 Å². The molecule has 1 aliphatic rings. The second-order valence-corrected chi connectivity index (χ2v) is 7.54. The Balaban J connectivity index is 2.04. The lowest BCUT2D eigenvalue weighted by molar-refractivity contribution is 0.442. The first-order chi connectivity index (χ1) is 9.45. The predicted molar refractivity (Wildman–Crippen MR) is 78.7 cm³/mol. The molecule has 6 heteroatoms. The van der Waals surface area contributed by atoms with Gasteiger partial charge in [-0.3, -0.25) is 0 Å². The van der Waals surface area contributed by atoms with Gasteiger partial charge in [-0.05, 0) is 36.4 Å². The van der Waals surface area contributed by atoms with E-state index in [2.05, 4.69) is 17.2 Å². The Kier molecular flexibility index (Phi) is 4.78. The topological polar surface area (TPSA) is 62.3 Å². The molecule has 1 aliphatic carbocycles. The van der Waals surface area contributed by atoms with Crippen LogP contribution in [0.1, 0.15) is 25.8 Å². The van der Waals surface area contributed by atoms with Crippen LogP contribution in [0.2, 0.25) is 0 Å². The van der Waals surface area contributed by atoms with E-state index in [1.807, 2.05) is 13.0 Å². The molecule has 1 heterocycles. The molecule has 0 bridgehead atoms. The van der Waals surface area contributed by atoms with Crippen molar-refractivity contribution in [1.82, 2.24) is 14.6 Å². The molecule has 5 nitrogen and oxygen atoms in total. The highest BCUT2D eigenvalue weighted by Gasteiger charge is 2.36. The minimum Gasteiger partial charge on any atom is -0.313 e. The van der Waals surface area contributed by atoms with Gasteiger partial charge in [0, 0.05) is 26.3 Å². The summed E-state index contributed by atoms with van der Waals surface area (Å²) in [5.41, 5.74) is 0.990. The number of hydrogen-bond acceptors (Lipinski definition) is 4. The number of pyridine rings is 1. The normalized spacial score (nSPS) is 22.2. The molecule has 0 amide bonds. The maximum atomic E-state index is 12.4. The summed E-state index contributed by atoms with van der Waals surface area (Å²) in [5.74, 6) is 1.14. The van der Waals surface area contributed by atoms with E-state index in [0.717, 1.165) is 18.5 Å². The van der Waals surface area contributed by atoms with Gasteiger partial charge in [-0.15, -0.1) is 0 Å². The summed E-state index contributed by atoms with van der Waals surface area (Å²) in [7, 11) is -1.82. The molecule has 0 aliphatic heterocycles. The molecule has 1 saturated carbocycles. The van der Waals surface area contributed by atoms with Gasteiger partial charge in [0.15, 0.2) is 5.03 Å². The minimum atomic E-state index is -3.45. The SMILES string of the molecule is CCNCc1ccc(S(=O)(=O)N(C)CC2CC2C)nc1. The molecule has 0 spiro atoms. The first kappa shape index (κ1) is 15.4. The van der Waals surface area contributed by atoms with Crippen LogP contribution in [0.5, 0.6) is 0 Å². The zero-order valence-corrected chi connectivity index (χ0v) is 13.2. The highest BCUT2D eigenvalue weighted by molar-refractivity contribution is 7.89. The van der Waals surface area contributed by atoms with E-state index in [-0.39, 0.29) is 5.03 Å². The van der Waals surface area contributed by atoms with Gasteiger partial charge < -0.3 is 5.32 Å². The fourth-order valence-electron chi connectivity index (χ4n) is 2.18. The van der Waals surface area contributed by atoms with Gasteiger partial charge in [0.05, 0.1) is 0 Å². The van der Waals surface area contributed by atoms with Gasteiger partial charge in [-0.25, -0.2) is 13.4 Å². The Bertz CT molecular complexity index is 542. The van der Waals surface area contributed by atoms with Crippen molar-refractivity contribution >= 4 is 10.0 Å². The zero-order chi connectivity index (χ0) is 14.8. The summed E-state index contributed by atoms with van der Waals surface area (Å²) in [6.45, 7) is 6.35. The number of nitrogens with zero attached hydrogens (tertiary/aromatic N) is 2. The van der Waals surface area contributed by atoms with Crippen LogP contribution in [-0.2, 0) is 16.6 Å². The molecule has 1 aromatic rings. The lowest BCUT2D eigenvalue weighted by Gasteiger charge is -2.16. The fourth-order valence-corrected chi connectivity index (χ4v) is 3.31. The third-order valence-corrected chi connectivity index (χ3v) is 5.56.